The van der Waals surface area contributed by atoms with Crippen molar-refractivity contribution in [2.75, 3.05) is 5.32 Å². The summed E-state index contributed by atoms with van der Waals surface area (Å²) in [7, 11) is -4.17. The molecule has 0 fully saturated rings. The van der Waals surface area contributed by atoms with Crippen LogP contribution in [-0.4, -0.2) is 13.0 Å². The molecular weight excluding hydrogens is 366 g/mol. The van der Waals surface area contributed by atoms with Crippen molar-refractivity contribution < 1.29 is 13.0 Å². The average Bonchev–Trinajstić information content (AvgIpc) is 2.88. The van der Waals surface area contributed by atoms with E-state index in [1.165, 1.54) is 12.1 Å². The standard InChI is InChI=1S/C17H14ClNO3S2/c1-11-16(12-2-4-13(18)5-3-12)10-17(23-11)19-14-6-8-15(9-7-14)24(20,21)22/h2-10,19H,1H3,(H,20,21,22). The van der Waals surface area contributed by atoms with Crippen LogP contribution in [0.4, 0.5) is 10.7 Å². The first-order valence-corrected chi connectivity index (χ1v) is 9.67. The summed E-state index contributed by atoms with van der Waals surface area (Å²) in [5.41, 5.74) is 2.95. The smallest absolute Gasteiger partial charge is 0.294 e. The highest BCUT2D eigenvalue weighted by molar-refractivity contribution is 7.85. The number of nitrogens with one attached hydrogen (secondary N) is 1. The van der Waals surface area contributed by atoms with Crippen LogP contribution in [0, 0.1) is 6.92 Å². The molecule has 2 N–H and O–H groups in total. The van der Waals surface area contributed by atoms with Gasteiger partial charge in [0.1, 0.15) is 0 Å². The number of aryl methyl sites for hydroxylation is 1. The largest absolute Gasteiger partial charge is 0.347 e. The van der Waals surface area contributed by atoms with Crippen LogP contribution in [0.15, 0.2) is 59.5 Å². The molecular formula is C17H14ClNO3S2. The molecule has 0 aliphatic carbocycles. The van der Waals surface area contributed by atoms with E-state index in [0.29, 0.717) is 5.02 Å². The molecule has 0 aliphatic heterocycles. The maximum atomic E-state index is 11.1. The third-order valence-electron chi connectivity index (χ3n) is 3.49. The lowest BCUT2D eigenvalue weighted by atomic mass is 10.1. The van der Waals surface area contributed by atoms with Gasteiger partial charge in [-0.15, -0.1) is 11.3 Å². The van der Waals surface area contributed by atoms with E-state index in [-0.39, 0.29) is 4.90 Å². The van der Waals surface area contributed by atoms with Gasteiger partial charge in [-0.1, -0.05) is 23.7 Å². The molecule has 7 heteroatoms. The molecule has 3 aromatic rings. The van der Waals surface area contributed by atoms with E-state index in [2.05, 4.69) is 5.32 Å². The summed E-state index contributed by atoms with van der Waals surface area (Å²) < 4.78 is 31.1. The number of hydrogen-bond acceptors (Lipinski definition) is 4. The Hall–Kier alpha value is -1.86. The number of hydrogen-bond donors (Lipinski definition) is 2. The fourth-order valence-corrected chi connectivity index (χ4v) is 3.88. The monoisotopic (exact) mass is 379 g/mol. The van der Waals surface area contributed by atoms with E-state index in [0.717, 1.165) is 26.7 Å². The van der Waals surface area contributed by atoms with Gasteiger partial charge in [-0.2, -0.15) is 8.42 Å². The van der Waals surface area contributed by atoms with Gasteiger partial charge in [0, 0.05) is 15.6 Å². The molecule has 4 nitrogen and oxygen atoms in total. The molecule has 0 aliphatic rings. The molecule has 0 unspecified atom stereocenters. The fraction of sp³-hybridized carbons (Fsp3) is 0.0588. The van der Waals surface area contributed by atoms with Gasteiger partial charge in [-0.05, 0) is 60.5 Å². The molecule has 0 saturated heterocycles. The van der Waals surface area contributed by atoms with E-state index >= 15 is 0 Å². The van der Waals surface area contributed by atoms with Gasteiger partial charge in [0.2, 0.25) is 0 Å². The zero-order valence-corrected chi connectivity index (χ0v) is 15.0. The van der Waals surface area contributed by atoms with Crippen LogP contribution in [0.1, 0.15) is 4.88 Å². The normalized spacial score (nSPS) is 11.5. The summed E-state index contributed by atoms with van der Waals surface area (Å²) in [6, 6.07) is 15.6. The number of anilines is 2. The first kappa shape index (κ1) is 17.0. The number of benzene rings is 2. The molecule has 0 amide bonds. The molecule has 0 atom stereocenters. The number of thiophene rings is 1. The molecule has 3 rings (SSSR count). The molecule has 1 aromatic heterocycles. The minimum atomic E-state index is -4.17. The van der Waals surface area contributed by atoms with E-state index in [1.807, 2.05) is 37.3 Å². The van der Waals surface area contributed by atoms with Crippen molar-refractivity contribution >= 4 is 43.7 Å². The maximum Gasteiger partial charge on any atom is 0.294 e. The van der Waals surface area contributed by atoms with Gasteiger partial charge in [-0.3, -0.25) is 4.55 Å². The van der Waals surface area contributed by atoms with Gasteiger partial charge >= 0.3 is 0 Å². The second-order valence-corrected chi connectivity index (χ2v) is 8.33. The van der Waals surface area contributed by atoms with E-state index < -0.39 is 10.1 Å². The SMILES string of the molecule is Cc1sc(Nc2ccc(S(=O)(=O)O)cc2)cc1-c1ccc(Cl)cc1. The highest BCUT2D eigenvalue weighted by Crippen LogP contribution is 2.36. The van der Waals surface area contributed by atoms with Crippen LogP contribution in [-0.2, 0) is 10.1 Å². The average molecular weight is 380 g/mol. The highest BCUT2D eigenvalue weighted by atomic mass is 35.5. The van der Waals surface area contributed by atoms with E-state index in [4.69, 9.17) is 16.2 Å². The third-order valence-corrected chi connectivity index (χ3v) is 5.58. The third kappa shape index (κ3) is 3.79. The Bertz CT molecular complexity index is 962. The van der Waals surface area contributed by atoms with E-state index in [1.54, 1.807) is 23.5 Å². The van der Waals surface area contributed by atoms with Crippen molar-refractivity contribution in [3.8, 4) is 11.1 Å². The summed E-state index contributed by atoms with van der Waals surface area (Å²) in [6.45, 7) is 2.04. The minimum Gasteiger partial charge on any atom is -0.347 e. The highest BCUT2D eigenvalue weighted by Gasteiger charge is 2.10. The van der Waals surface area contributed by atoms with Crippen molar-refractivity contribution in [3.63, 3.8) is 0 Å². The maximum absolute atomic E-state index is 11.1. The van der Waals surface area contributed by atoms with Gasteiger partial charge in [0.15, 0.2) is 0 Å². The van der Waals surface area contributed by atoms with Crippen LogP contribution < -0.4 is 5.32 Å². The van der Waals surface area contributed by atoms with Gasteiger partial charge in [0.05, 0.1) is 9.90 Å². The summed E-state index contributed by atoms with van der Waals surface area (Å²) in [6.07, 6.45) is 0. The van der Waals surface area contributed by atoms with Crippen molar-refractivity contribution in [3.05, 3.63) is 64.5 Å². The molecule has 2 aromatic carbocycles. The van der Waals surface area contributed by atoms with Gasteiger partial charge in [0.25, 0.3) is 10.1 Å². The van der Waals surface area contributed by atoms with Crippen LogP contribution in [0.3, 0.4) is 0 Å². The Morgan fingerprint density at radius 3 is 2.25 bits per heavy atom. The van der Waals surface area contributed by atoms with Gasteiger partial charge in [-0.25, -0.2) is 0 Å². The second-order valence-electron chi connectivity index (χ2n) is 5.21. The van der Waals surface area contributed by atoms with Gasteiger partial charge < -0.3 is 5.32 Å². The Balaban J connectivity index is 1.84. The Morgan fingerprint density at radius 1 is 1.04 bits per heavy atom. The lowest BCUT2D eigenvalue weighted by molar-refractivity contribution is 0.483. The minimum absolute atomic E-state index is 0.128. The van der Waals surface area contributed by atoms with Crippen molar-refractivity contribution in [1.82, 2.24) is 0 Å². The summed E-state index contributed by atoms with van der Waals surface area (Å²) in [5.74, 6) is 0. The molecule has 0 radical (unpaired) electrons. The quantitative estimate of drug-likeness (QED) is 0.598. The zero-order valence-electron chi connectivity index (χ0n) is 12.7. The number of rotatable bonds is 4. The topological polar surface area (TPSA) is 66.4 Å². The summed E-state index contributed by atoms with van der Waals surface area (Å²) in [4.78, 5) is 1.03. The molecule has 124 valence electrons. The Labute approximate surface area is 149 Å². The van der Waals surface area contributed by atoms with Crippen molar-refractivity contribution in [2.45, 2.75) is 11.8 Å². The predicted molar refractivity (Wildman–Crippen MR) is 99.0 cm³/mol. The number of halogens is 1. The Kier molecular flexibility index (Phi) is 4.64. The predicted octanol–water partition coefficient (Wildman–Crippen LogP) is 5.37. The molecule has 0 spiro atoms. The van der Waals surface area contributed by atoms with Crippen molar-refractivity contribution in [2.24, 2.45) is 0 Å². The second kappa shape index (κ2) is 6.57. The molecule has 1 heterocycles. The zero-order chi connectivity index (χ0) is 17.3. The fourth-order valence-electron chi connectivity index (χ4n) is 2.31. The summed E-state index contributed by atoms with van der Waals surface area (Å²) in [5, 5.41) is 4.88. The summed E-state index contributed by atoms with van der Waals surface area (Å²) >= 11 is 7.53. The van der Waals surface area contributed by atoms with Crippen LogP contribution in [0.5, 0.6) is 0 Å². The first-order valence-electron chi connectivity index (χ1n) is 7.04. The lowest BCUT2D eigenvalue weighted by Crippen LogP contribution is -1.97. The molecule has 24 heavy (non-hydrogen) atoms. The van der Waals surface area contributed by atoms with Crippen LogP contribution in [0.2, 0.25) is 5.02 Å². The lowest BCUT2D eigenvalue weighted by Gasteiger charge is -2.04. The van der Waals surface area contributed by atoms with Crippen molar-refractivity contribution in [1.29, 1.82) is 0 Å². The van der Waals surface area contributed by atoms with E-state index in [9.17, 15) is 8.42 Å². The molecule has 0 bridgehead atoms. The first-order chi connectivity index (χ1) is 11.3. The van der Waals surface area contributed by atoms with Crippen LogP contribution >= 0.6 is 22.9 Å². The van der Waals surface area contributed by atoms with Crippen LogP contribution in [0.25, 0.3) is 11.1 Å². The molecule has 0 saturated carbocycles. The Morgan fingerprint density at radius 2 is 1.67 bits per heavy atom.